The molecule has 1 radical (unpaired) electrons. The summed E-state index contributed by atoms with van der Waals surface area (Å²) in [5, 5.41) is 22.8. The van der Waals surface area contributed by atoms with Gasteiger partial charge in [0.25, 0.3) is 0 Å². The van der Waals surface area contributed by atoms with E-state index in [1.54, 1.807) is 0 Å². The largest absolute Gasteiger partial charge is 0.388 e. The number of allylic oxidation sites excluding steroid dienone is 2. The highest BCUT2D eigenvalue weighted by molar-refractivity contribution is 5.50. The fourth-order valence-electron chi connectivity index (χ4n) is 4.82. The van der Waals surface area contributed by atoms with E-state index >= 15 is 0 Å². The molecule has 2 aliphatic carbocycles. The van der Waals surface area contributed by atoms with Gasteiger partial charge in [0.1, 0.15) is 0 Å². The Balaban J connectivity index is 1.79. The van der Waals surface area contributed by atoms with Crippen LogP contribution in [0.4, 0.5) is 0 Å². The second-order valence-corrected chi connectivity index (χ2v) is 8.09. The topological polar surface area (TPSA) is 40.5 Å². The van der Waals surface area contributed by atoms with Gasteiger partial charge < -0.3 is 10.2 Å². The maximum absolute atomic E-state index is 11.5. The van der Waals surface area contributed by atoms with Crippen LogP contribution in [-0.4, -0.2) is 10.2 Å². The fourth-order valence-corrected chi connectivity index (χ4v) is 4.82. The molecule has 0 amide bonds. The van der Waals surface area contributed by atoms with E-state index in [-0.39, 0.29) is 0 Å². The number of rotatable bonds is 5. The first-order valence-corrected chi connectivity index (χ1v) is 10.4. The van der Waals surface area contributed by atoms with E-state index in [0.717, 1.165) is 29.5 Å². The van der Waals surface area contributed by atoms with E-state index in [2.05, 4.69) is 18.2 Å². The molecular formula is C26H29O2. The summed E-state index contributed by atoms with van der Waals surface area (Å²) in [5.74, 6) is 0.295. The first-order chi connectivity index (χ1) is 13.7. The van der Waals surface area contributed by atoms with Crippen molar-refractivity contribution in [3.8, 4) is 0 Å². The minimum Gasteiger partial charge on any atom is -0.388 e. The third kappa shape index (κ3) is 3.59. The lowest BCUT2D eigenvalue weighted by Crippen LogP contribution is -2.33. The molecule has 0 saturated heterocycles. The minimum absolute atomic E-state index is 0.295. The van der Waals surface area contributed by atoms with Gasteiger partial charge in [0.05, 0.1) is 17.6 Å². The molecule has 2 unspecified atom stereocenters. The molecule has 2 aliphatic rings. The lowest BCUT2D eigenvalue weighted by molar-refractivity contribution is 0.0801. The first-order valence-electron chi connectivity index (χ1n) is 10.4. The Morgan fingerprint density at radius 3 is 2.14 bits per heavy atom. The summed E-state index contributed by atoms with van der Waals surface area (Å²) in [7, 11) is 0. The summed E-state index contributed by atoms with van der Waals surface area (Å²) in [5.41, 5.74) is 2.12. The summed E-state index contributed by atoms with van der Waals surface area (Å²) in [6.45, 7) is 0. The molecule has 28 heavy (non-hydrogen) atoms. The van der Waals surface area contributed by atoms with Gasteiger partial charge in [-0.2, -0.15) is 0 Å². The number of aliphatic hydroxyl groups excluding tert-OH is 2. The summed E-state index contributed by atoms with van der Waals surface area (Å²) >= 11 is 0. The smallest absolute Gasteiger partial charge is 0.0956 e. The molecule has 2 N–H and O–H groups in total. The molecular weight excluding hydrogens is 344 g/mol. The normalized spacial score (nSPS) is 21.4. The van der Waals surface area contributed by atoms with Gasteiger partial charge in [0, 0.05) is 6.42 Å². The van der Waals surface area contributed by atoms with E-state index < -0.39 is 17.6 Å². The molecule has 0 heterocycles. The van der Waals surface area contributed by atoms with E-state index in [0.29, 0.717) is 5.92 Å². The SMILES string of the molecule is OC(c1ccccc1C1(C(O)c2ccccc2)C=C[CH]C=C1)C1CCCCC1. The lowest BCUT2D eigenvalue weighted by Gasteiger charge is -2.38. The highest BCUT2D eigenvalue weighted by Crippen LogP contribution is 2.46. The first kappa shape index (κ1) is 19.2. The number of benzene rings is 2. The average molecular weight is 374 g/mol. The molecule has 2 aromatic carbocycles. The van der Waals surface area contributed by atoms with Crippen LogP contribution in [0.3, 0.4) is 0 Å². The second-order valence-electron chi connectivity index (χ2n) is 8.09. The molecule has 0 aromatic heterocycles. The van der Waals surface area contributed by atoms with Crippen molar-refractivity contribution in [2.45, 2.75) is 49.7 Å². The van der Waals surface area contributed by atoms with Crippen molar-refractivity contribution in [3.05, 3.63) is 102 Å². The van der Waals surface area contributed by atoms with Crippen LogP contribution in [-0.2, 0) is 5.41 Å². The van der Waals surface area contributed by atoms with Crippen molar-refractivity contribution in [1.29, 1.82) is 0 Å². The Morgan fingerprint density at radius 2 is 1.43 bits per heavy atom. The molecule has 2 heteroatoms. The van der Waals surface area contributed by atoms with Gasteiger partial charge in [-0.05, 0) is 35.4 Å². The molecule has 0 spiro atoms. The third-order valence-corrected chi connectivity index (χ3v) is 6.38. The minimum atomic E-state index is -0.727. The summed E-state index contributed by atoms with van der Waals surface area (Å²) < 4.78 is 0. The maximum Gasteiger partial charge on any atom is 0.0956 e. The van der Waals surface area contributed by atoms with Crippen molar-refractivity contribution in [2.75, 3.05) is 0 Å². The van der Waals surface area contributed by atoms with Crippen molar-refractivity contribution < 1.29 is 10.2 Å². The van der Waals surface area contributed by atoms with Crippen LogP contribution in [0.2, 0.25) is 0 Å². The zero-order valence-electron chi connectivity index (χ0n) is 16.2. The standard InChI is InChI=1S/C26H29O2/c27-24(20-12-4-1-5-13-20)22-16-8-9-17-23(22)26(18-10-3-11-19-26)25(28)21-14-6-2-7-15-21/h2-3,6-11,14-20,24-25,27-28H,1,4-5,12-13H2. The van der Waals surface area contributed by atoms with Crippen molar-refractivity contribution in [2.24, 2.45) is 5.92 Å². The van der Waals surface area contributed by atoms with Gasteiger partial charge in [-0.3, -0.25) is 0 Å². The quantitative estimate of drug-likeness (QED) is 0.716. The molecule has 4 rings (SSSR count). The number of aliphatic hydroxyl groups is 2. The Hall–Kier alpha value is -2.16. The average Bonchev–Trinajstić information content (AvgIpc) is 2.79. The third-order valence-electron chi connectivity index (χ3n) is 6.38. The summed E-state index contributed by atoms with van der Waals surface area (Å²) in [4.78, 5) is 0. The van der Waals surface area contributed by atoms with Crippen LogP contribution in [0.25, 0.3) is 0 Å². The molecule has 2 nitrogen and oxygen atoms in total. The van der Waals surface area contributed by atoms with Crippen molar-refractivity contribution in [1.82, 2.24) is 0 Å². The predicted molar refractivity (Wildman–Crippen MR) is 114 cm³/mol. The Morgan fingerprint density at radius 1 is 0.786 bits per heavy atom. The van der Waals surface area contributed by atoms with Crippen LogP contribution in [0.15, 0.2) is 78.9 Å². The Labute approximate surface area is 168 Å². The van der Waals surface area contributed by atoms with E-state index in [4.69, 9.17) is 0 Å². The Kier molecular flexibility index (Phi) is 5.79. The summed E-state index contributed by atoms with van der Waals surface area (Å²) in [6, 6.07) is 17.9. The fraction of sp³-hybridized carbons (Fsp3) is 0.346. The summed E-state index contributed by atoms with van der Waals surface area (Å²) in [6.07, 6.45) is 14.7. The lowest BCUT2D eigenvalue weighted by atomic mass is 9.68. The monoisotopic (exact) mass is 373 g/mol. The Bertz CT molecular complexity index is 819. The van der Waals surface area contributed by atoms with Crippen LogP contribution >= 0.6 is 0 Å². The molecule has 0 aliphatic heterocycles. The van der Waals surface area contributed by atoms with Gasteiger partial charge in [0.2, 0.25) is 0 Å². The van der Waals surface area contributed by atoms with Crippen LogP contribution in [0.1, 0.15) is 61.0 Å². The number of hydrogen-bond acceptors (Lipinski definition) is 2. The van der Waals surface area contributed by atoms with Crippen LogP contribution in [0, 0.1) is 12.3 Å². The van der Waals surface area contributed by atoms with Gasteiger partial charge in [-0.1, -0.05) is 98.2 Å². The van der Waals surface area contributed by atoms with Gasteiger partial charge >= 0.3 is 0 Å². The van der Waals surface area contributed by atoms with E-state index in [1.165, 1.54) is 19.3 Å². The zero-order valence-corrected chi connectivity index (χ0v) is 16.2. The van der Waals surface area contributed by atoms with Crippen molar-refractivity contribution >= 4 is 0 Å². The molecule has 1 saturated carbocycles. The van der Waals surface area contributed by atoms with Crippen molar-refractivity contribution in [3.63, 3.8) is 0 Å². The highest BCUT2D eigenvalue weighted by Gasteiger charge is 2.40. The maximum atomic E-state index is 11.5. The molecule has 145 valence electrons. The van der Waals surface area contributed by atoms with Gasteiger partial charge in [-0.15, -0.1) is 0 Å². The predicted octanol–water partition coefficient (Wildman–Crippen LogP) is 5.60. The van der Waals surface area contributed by atoms with Gasteiger partial charge in [-0.25, -0.2) is 0 Å². The molecule has 2 atom stereocenters. The van der Waals surface area contributed by atoms with Crippen LogP contribution in [0.5, 0.6) is 0 Å². The van der Waals surface area contributed by atoms with Crippen LogP contribution < -0.4 is 0 Å². The molecule has 1 fully saturated rings. The number of hydrogen-bond donors (Lipinski definition) is 2. The highest BCUT2D eigenvalue weighted by atomic mass is 16.3. The zero-order chi connectivity index (χ0) is 19.4. The van der Waals surface area contributed by atoms with E-state index in [9.17, 15) is 10.2 Å². The second kappa shape index (κ2) is 8.46. The molecule has 2 aromatic rings. The van der Waals surface area contributed by atoms with Gasteiger partial charge in [0.15, 0.2) is 0 Å². The molecule has 0 bridgehead atoms. The van der Waals surface area contributed by atoms with E-state index in [1.807, 2.05) is 67.1 Å².